The minimum absolute atomic E-state index is 0.304. The van der Waals surface area contributed by atoms with Gasteiger partial charge in [-0.15, -0.1) is 0 Å². The van der Waals surface area contributed by atoms with E-state index in [1.165, 1.54) is 6.07 Å². The van der Waals surface area contributed by atoms with Crippen LogP contribution >= 0.6 is 0 Å². The van der Waals surface area contributed by atoms with Crippen molar-refractivity contribution < 1.29 is 4.39 Å². The molecule has 0 spiro atoms. The molecule has 0 radical (unpaired) electrons. The molecular weight excluding hydrogens is 217 g/mol. The van der Waals surface area contributed by atoms with Gasteiger partial charge in [0, 0.05) is 6.20 Å². The second-order valence-electron chi connectivity index (χ2n) is 3.88. The number of benzene rings is 1. The van der Waals surface area contributed by atoms with Gasteiger partial charge in [-0.05, 0) is 24.6 Å². The number of aromatic nitrogens is 1. The van der Waals surface area contributed by atoms with Crippen molar-refractivity contribution in [2.45, 2.75) is 13.0 Å². The molecule has 0 bridgehead atoms. The van der Waals surface area contributed by atoms with Crippen molar-refractivity contribution in [1.29, 1.82) is 0 Å². The molecule has 1 aromatic heterocycles. The fourth-order valence-electron chi connectivity index (χ4n) is 1.70. The highest BCUT2D eigenvalue weighted by molar-refractivity contribution is 5.30. The quantitative estimate of drug-likeness (QED) is 0.628. The number of rotatable bonds is 3. The van der Waals surface area contributed by atoms with Crippen LogP contribution in [-0.2, 0) is 0 Å². The maximum Gasteiger partial charge on any atom is 0.146 e. The lowest BCUT2D eigenvalue weighted by Gasteiger charge is -2.16. The molecule has 0 aliphatic carbocycles. The molecule has 1 heterocycles. The molecule has 0 saturated carbocycles. The number of hydrogen-bond acceptors (Lipinski definition) is 3. The maximum atomic E-state index is 13.6. The zero-order valence-electron chi connectivity index (χ0n) is 9.52. The average Bonchev–Trinajstić information content (AvgIpc) is 2.35. The molecule has 0 saturated heterocycles. The summed E-state index contributed by atoms with van der Waals surface area (Å²) in [6.07, 6.45) is 1.55. The minimum atomic E-state index is -0.434. The molecule has 2 aromatic rings. The fourth-order valence-corrected chi connectivity index (χ4v) is 1.70. The largest absolute Gasteiger partial charge is 0.271 e. The number of nitrogens with two attached hydrogens (primary N) is 1. The third kappa shape index (κ3) is 2.49. The standard InChI is InChI=1S/C13H14FN3/c1-9-4-6-10(7-5-9)12(17-15)13-11(14)3-2-8-16-13/h2-8,12,17H,15H2,1H3. The molecule has 17 heavy (non-hydrogen) atoms. The molecule has 88 valence electrons. The summed E-state index contributed by atoms with van der Waals surface area (Å²) >= 11 is 0. The lowest BCUT2D eigenvalue weighted by atomic mass is 10.0. The van der Waals surface area contributed by atoms with E-state index in [0.717, 1.165) is 11.1 Å². The third-order valence-electron chi connectivity index (χ3n) is 2.64. The van der Waals surface area contributed by atoms with Gasteiger partial charge < -0.3 is 0 Å². The van der Waals surface area contributed by atoms with Crippen molar-refractivity contribution in [1.82, 2.24) is 10.4 Å². The van der Waals surface area contributed by atoms with Gasteiger partial charge in [-0.3, -0.25) is 10.8 Å². The highest BCUT2D eigenvalue weighted by atomic mass is 19.1. The highest BCUT2D eigenvalue weighted by Crippen LogP contribution is 2.21. The Morgan fingerprint density at radius 2 is 1.94 bits per heavy atom. The summed E-state index contributed by atoms with van der Waals surface area (Å²) in [6.45, 7) is 2.00. The number of aryl methyl sites for hydroxylation is 1. The van der Waals surface area contributed by atoms with Gasteiger partial charge in [0.2, 0.25) is 0 Å². The SMILES string of the molecule is Cc1ccc(C(NN)c2ncccc2F)cc1. The summed E-state index contributed by atoms with van der Waals surface area (Å²) in [7, 11) is 0. The summed E-state index contributed by atoms with van der Waals surface area (Å²) in [6, 6.07) is 10.2. The van der Waals surface area contributed by atoms with Crippen LogP contribution in [0.25, 0.3) is 0 Å². The zero-order valence-corrected chi connectivity index (χ0v) is 9.52. The van der Waals surface area contributed by atoms with E-state index < -0.39 is 6.04 Å². The summed E-state index contributed by atoms with van der Waals surface area (Å²) in [4.78, 5) is 4.03. The summed E-state index contributed by atoms with van der Waals surface area (Å²) in [5.41, 5.74) is 4.93. The number of hydrogen-bond donors (Lipinski definition) is 2. The van der Waals surface area contributed by atoms with Gasteiger partial charge >= 0.3 is 0 Å². The topological polar surface area (TPSA) is 50.9 Å². The Morgan fingerprint density at radius 1 is 1.24 bits per heavy atom. The highest BCUT2D eigenvalue weighted by Gasteiger charge is 2.17. The van der Waals surface area contributed by atoms with Crippen LogP contribution < -0.4 is 11.3 Å². The van der Waals surface area contributed by atoms with Crippen LogP contribution in [0.3, 0.4) is 0 Å². The van der Waals surface area contributed by atoms with Crippen molar-refractivity contribution >= 4 is 0 Å². The van der Waals surface area contributed by atoms with Gasteiger partial charge in [0.05, 0.1) is 11.7 Å². The van der Waals surface area contributed by atoms with Crippen LogP contribution in [0.15, 0.2) is 42.6 Å². The number of pyridine rings is 1. The normalized spacial score (nSPS) is 12.4. The Kier molecular flexibility index (Phi) is 3.46. The maximum absolute atomic E-state index is 13.6. The van der Waals surface area contributed by atoms with Gasteiger partial charge in [0.1, 0.15) is 5.82 Å². The first-order valence-corrected chi connectivity index (χ1v) is 5.35. The van der Waals surface area contributed by atoms with Crippen LogP contribution in [0.4, 0.5) is 4.39 Å². The third-order valence-corrected chi connectivity index (χ3v) is 2.64. The number of nitrogens with one attached hydrogen (secondary N) is 1. The van der Waals surface area contributed by atoms with Gasteiger partial charge in [0.15, 0.2) is 0 Å². The van der Waals surface area contributed by atoms with E-state index >= 15 is 0 Å². The van der Waals surface area contributed by atoms with Crippen LogP contribution in [-0.4, -0.2) is 4.98 Å². The fraction of sp³-hybridized carbons (Fsp3) is 0.154. The molecule has 0 amide bonds. The second kappa shape index (κ2) is 5.03. The van der Waals surface area contributed by atoms with Crippen LogP contribution in [0.2, 0.25) is 0 Å². The lowest BCUT2D eigenvalue weighted by Crippen LogP contribution is -2.30. The Hall–Kier alpha value is -1.78. The van der Waals surface area contributed by atoms with E-state index in [4.69, 9.17) is 5.84 Å². The molecule has 4 heteroatoms. The molecule has 0 fully saturated rings. The Morgan fingerprint density at radius 3 is 2.53 bits per heavy atom. The molecule has 2 rings (SSSR count). The number of hydrazine groups is 1. The molecular formula is C13H14FN3. The minimum Gasteiger partial charge on any atom is -0.271 e. The summed E-state index contributed by atoms with van der Waals surface area (Å²) in [5, 5.41) is 0. The summed E-state index contributed by atoms with van der Waals surface area (Å²) in [5.74, 6) is 5.12. The van der Waals surface area contributed by atoms with Crippen molar-refractivity contribution in [3.05, 3.63) is 65.2 Å². The van der Waals surface area contributed by atoms with Crippen LogP contribution in [0.1, 0.15) is 22.9 Å². The van der Waals surface area contributed by atoms with E-state index in [0.29, 0.717) is 5.69 Å². The molecule has 3 nitrogen and oxygen atoms in total. The Bertz CT molecular complexity index is 496. The molecule has 1 unspecified atom stereocenters. The number of halogens is 1. The van der Waals surface area contributed by atoms with E-state index in [1.54, 1.807) is 12.3 Å². The Labute approximate surface area is 99.5 Å². The first-order valence-electron chi connectivity index (χ1n) is 5.35. The predicted octanol–water partition coefficient (Wildman–Crippen LogP) is 2.08. The average molecular weight is 231 g/mol. The first-order chi connectivity index (χ1) is 8.22. The van der Waals surface area contributed by atoms with E-state index in [1.807, 2.05) is 31.2 Å². The molecule has 1 atom stereocenters. The number of nitrogens with zero attached hydrogens (tertiary/aromatic N) is 1. The molecule has 3 N–H and O–H groups in total. The van der Waals surface area contributed by atoms with Crippen LogP contribution in [0.5, 0.6) is 0 Å². The zero-order chi connectivity index (χ0) is 12.3. The van der Waals surface area contributed by atoms with E-state index in [2.05, 4.69) is 10.4 Å². The molecule has 0 aliphatic heterocycles. The van der Waals surface area contributed by atoms with Crippen molar-refractivity contribution in [3.63, 3.8) is 0 Å². The van der Waals surface area contributed by atoms with E-state index in [9.17, 15) is 4.39 Å². The summed E-state index contributed by atoms with van der Waals surface area (Å²) < 4.78 is 13.6. The Balaban J connectivity index is 2.40. The monoisotopic (exact) mass is 231 g/mol. The second-order valence-corrected chi connectivity index (χ2v) is 3.88. The van der Waals surface area contributed by atoms with Gasteiger partial charge in [-0.1, -0.05) is 29.8 Å². The smallest absolute Gasteiger partial charge is 0.146 e. The predicted molar refractivity (Wildman–Crippen MR) is 64.5 cm³/mol. The lowest BCUT2D eigenvalue weighted by molar-refractivity contribution is 0.543. The van der Waals surface area contributed by atoms with Gasteiger partial charge in [-0.25, -0.2) is 9.82 Å². The van der Waals surface area contributed by atoms with Crippen molar-refractivity contribution in [3.8, 4) is 0 Å². The first kappa shape index (κ1) is 11.7. The van der Waals surface area contributed by atoms with Crippen molar-refractivity contribution in [2.24, 2.45) is 5.84 Å². The molecule has 1 aromatic carbocycles. The van der Waals surface area contributed by atoms with Crippen molar-refractivity contribution in [2.75, 3.05) is 0 Å². The van der Waals surface area contributed by atoms with Crippen LogP contribution in [0, 0.1) is 12.7 Å². The van der Waals surface area contributed by atoms with E-state index in [-0.39, 0.29) is 5.82 Å². The molecule has 0 aliphatic rings. The van der Waals surface area contributed by atoms with Gasteiger partial charge in [0.25, 0.3) is 0 Å². The van der Waals surface area contributed by atoms with Gasteiger partial charge in [-0.2, -0.15) is 0 Å².